The number of hydrogen-bond acceptors (Lipinski definition) is 5. The largest absolute Gasteiger partial charge is 0.492 e. The molecule has 0 aliphatic carbocycles. The topological polar surface area (TPSA) is 64.1 Å². The predicted molar refractivity (Wildman–Crippen MR) is 63.2 cm³/mol. The van der Waals surface area contributed by atoms with Crippen LogP contribution in [0.5, 0.6) is 5.75 Å². The zero-order valence-corrected chi connectivity index (χ0v) is 9.61. The molecule has 1 aliphatic rings. The lowest BCUT2D eigenvalue weighted by molar-refractivity contribution is -0.117. The summed E-state index contributed by atoms with van der Waals surface area (Å²) in [5.41, 5.74) is 2.50. The van der Waals surface area contributed by atoms with Crippen LogP contribution in [0.25, 0.3) is 0 Å². The molecule has 1 aromatic carbocycles. The van der Waals surface area contributed by atoms with Crippen molar-refractivity contribution in [3.8, 4) is 5.75 Å². The van der Waals surface area contributed by atoms with E-state index in [4.69, 9.17) is 4.74 Å². The molecule has 5 nitrogen and oxygen atoms in total. The summed E-state index contributed by atoms with van der Waals surface area (Å²) in [5.74, 6) is 0.409. The van der Waals surface area contributed by atoms with Crippen LogP contribution < -0.4 is 10.1 Å². The van der Waals surface area contributed by atoms with Crippen molar-refractivity contribution >= 4 is 22.4 Å². The highest BCUT2D eigenvalue weighted by molar-refractivity contribution is 7.13. The summed E-state index contributed by atoms with van der Waals surface area (Å²) in [7, 11) is 0. The van der Waals surface area contributed by atoms with Gasteiger partial charge in [-0.05, 0) is 6.07 Å². The van der Waals surface area contributed by atoms with Gasteiger partial charge in [0.1, 0.15) is 23.8 Å². The van der Waals surface area contributed by atoms with Crippen LogP contribution in [0.1, 0.15) is 11.5 Å². The minimum absolute atomic E-state index is 0.105. The van der Waals surface area contributed by atoms with E-state index >= 15 is 0 Å². The number of amides is 1. The Hall–Kier alpha value is -1.95. The molecular weight excluding hydrogens is 238 g/mol. The van der Waals surface area contributed by atoms with Crippen LogP contribution >= 0.6 is 11.3 Å². The van der Waals surface area contributed by atoms with Gasteiger partial charge in [0.15, 0.2) is 0 Å². The van der Waals surface area contributed by atoms with E-state index in [0.717, 1.165) is 11.3 Å². The molecule has 1 atom stereocenters. The van der Waals surface area contributed by atoms with Crippen LogP contribution in [0.4, 0.5) is 5.13 Å². The Morgan fingerprint density at radius 2 is 2.35 bits per heavy atom. The van der Waals surface area contributed by atoms with E-state index in [0.29, 0.717) is 11.7 Å². The SMILES string of the molecule is O=C(Nc1nncs1)[C@@H]1COc2ccccc21. The number of carbonyl (C=O) groups is 1. The monoisotopic (exact) mass is 247 g/mol. The molecule has 0 radical (unpaired) electrons. The Kier molecular flexibility index (Phi) is 2.49. The molecule has 86 valence electrons. The highest BCUT2D eigenvalue weighted by atomic mass is 32.1. The fraction of sp³-hybridized carbons (Fsp3) is 0.182. The molecule has 0 fully saturated rings. The van der Waals surface area contributed by atoms with Gasteiger partial charge < -0.3 is 4.74 Å². The summed E-state index contributed by atoms with van der Waals surface area (Å²) in [6.07, 6.45) is 0. The molecule has 1 aromatic heterocycles. The Labute approximate surface area is 101 Å². The fourth-order valence-corrected chi connectivity index (χ4v) is 2.25. The fourth-order valence-electron chi connectivity index (χ4n) is 1.80. The smallest absolute Gasteiger partial charge is 0.237 e. The van der Waals surface area contributed by atoms with Crippen LogP contribution in [0, 0.1) is 0 Å². The van der Waals surface area contributed by atoms with Crippen molar-refractivity contribution in [1.29, 1.82) is 0 Å². The average molecular weight is 247 g/mol. The summed E-state index contributed by atoms with van der Waals surface area (Å²) in [4.78, 5) is 12.0. The van der Waals surface area contributed by atoms with Gasteiger partial charge in [-0.2, -0.15) is 0 Å². The lowest BCUT2D eigenvalue weighted by Gasteiger charge is -2.07. The third kappa shape index (κ3) is 1.87. The van der Waals surface area contributed by atoms with E-state index < -0.39 is 0 Å². The first-order valence-corrected chi connectivity index (χ1v) is 6.01. The van der Waals surface area contributed by atoms with Crippen molar-refractivity contribution in [2.45, 2.75) is 5.92 Å². The van der Waals surface area contributed by atoms with Crippen molar-refractivity contribution < 1.29 is 9.53 Å². The molecule has 2 aromatic rings. The number of anilines is 1. The third-order valence-electron chi connectivity index (χ3n) is 2.61. The van der Waals surface area contributed by atoms with Crippen molar-refractivity contribution in [2.75, 3.05) is 11.9 Å². The van der Waals surface area contributed by atoms with Gasteiger partial charge in [0, 0.05) is 5.56 Å². The van der Waals surface area contributed by atoms with Crippen molar-refractivity contribution in [1.82, 2.24) is 10.2 Å². The van der Waals surface area contributed by atoms with E-state index in [-0.39, 0.29) is 11.8 Å². The zero-order chi connectivity index (χ0) is 11.7. The predicted octanol–water partition coefficient (Wildman–Crippen LogP) is 1.65. The first-order valence-electron chi connectivity index (χ1n) is 5.13. The second kappa shape index (κ2) is 4.14. The molecule has 0 bridgehead atoms. The molecule has 0 spiro atoms. The van der Waals surface area contributed by atoms with Gasteiger partial charge in [-0.1, -0.05) is 29.5 Å². The maximum Gasteiger partial charge on any atom is 0.237 e. The Bertz CT molecular complexity index is 541. The van der Waals surface area contributed by atoms with E-state index in [1.54, 1.807) is 5.51 Å². The molecule has 1 N–H and O–H groups in total. The minimum atomic E-state index is -0.268. The van der Waals surface area contributed by atoms with Crippen molar-refractivity contribution in [3.63, 3.8) is 0 Å². The number of fused-ring (bicyclic) bond motifs is 1. The highest BCUT2D eigenvalue weighted by Crippen LogP contribution is 2.34. The van der Waals surface area contributed by atoms with Gasteiger partial charge in [0.25, 0.3) is 0 Å². The summed E-state index contributed by atoms with van der Waals surface area (Å²) < 4.78 is 5.46. The van der Waals surface area contributed by atoms with Crippen LogP contribution in [0.3, 0.4) is 0 Å². The molecule has 1 amide bonds. The summed E-state index contributed by atoms with van der Waals surface area (Å²) in [5, 5.41) is 10.7. The maximum atomic E-state index is 12.0. The lowest BCUT2D eigenvalue weighted by Crippen LogP contribution is -2.22. The van der Waals surface area contributed by atoms with Crippen LogP contribution in [-0.4, -0.2) is 22.7 Å². The average Bonchev–Trinajstić information content (AvgIpc) is 2.96. The second-order valence-corrected chi connectivity index (χ2v) is 4.47. The van der Waals surface area contributed by atoms with E-state index in [2.05, 4.69) is 15.5 Å². The van der Waals surface area contributed by atoms with Crippen LogP contribution in [-0.2, 0) is 4.79 Å². The first-order chi connectivity index (χ1) is 8.34. The molecule has 0 unspecified atom stereocenters. The molecule has 0 saturated carbocycles. The Morgan fingerprint density at radius 3 is 3.18 bits per heavy atom. The standard InChI is InChI=1S/C11H9N3O2S/c15-10(13-11-14-12-6-17-11)8-5-16-9-4-2-1-3-7(8)9/h1-4,6,8H,5H2,(H,13,14,15)/t8-/m1/s1. The Morgan fingerprint density at radius 1 is 1.47 bits per heavy atom. The van der Waals surface area contributed by atoms with Crippen molar-refractivity contribution in [3.05, 3.63) is 35.3 Å². The molecule has 17 heavy (non-hydrogen) atoms. The zero-order valence-electron chi connectivity index (χ0n) is 8.79. The molecular formula is C11H9N3O2S. The first kappa shape index (κ1) is 10.2. The van der Waals surface area contributed by atoms with E-state index in [9.17, 15) is 4.79 Å². The molecule has 2 heterocycles. The number of nitrogens with zero attached hydrogens (tertiary/aromatic N) is 2. The quantitative estimate of drug-likeness (QED) is 0.876. The molecule has 1 aliphatic heterocycles. The van der Waals surface area contributed by atoms with E-state index in [1.807, 2.05) is 24.3 Å². The normalized spacial score (nSPS) is 17.3. The van der Waals surface area contributed by atoms with Gasteiger partial charge in [0.2, 0.25) is 11.0 Å². The second-order valence-electron chi connectivity index (χ2n) is 3.63. The molecule has 0 saturated heterocycles. The summed E-state index contributed by atoms with van der Waals surface area (Å²) >= 11 is 1.30. The van der Waals surface area contributed by atoms with Crippen molar-refractivity contribution in [2.24, 2.45) is 0 Å². The third-order valence-corrected chi connectivity index (χ3v) is 3.21. The lowest BCUT2D eigenvalue weighted by atomic mass is 10.0. The van der Waals surface area contributed by atoms with Gasteiger partial charge in [0.05, 0.1) is 0 Å². The molecule has 3 rings (SSSR count). The highest BCUT2D eigenvalue weighted by Gasteiger charge is 2.30. The number of nitrogens with one attached hydrogen (secondary N) is 1. The summed E-state index contributed by atoms with van der Waals surface area (Å²) in [6.45, 7) is 0.379. The number of hydrogen-bond donors (Lipinski definition) is 1. The molecule has 6 heteroatoms. The number of para-hydroxylation sites is 1. The number of benzene rings is 1. The van der Waals surface area contributed by atoms with Gasteiger partial charge in [-0.3, -0.25) is 10.1 Å². The Balaban J connectivity index is 1.80. The number of rotatable bonds is 2. The number of carbonyl (C=O) groups excluding carboxylic acids is 1. The minimum Gasteiger partial charge on any atom is -0.492 e. The number of aromatic nitrogens is 2. The maximum absolute atomic E-state index is 12.0. The van der Waals surface area contributed by atoms with Crippen LogP contribution in [0.2, 0.25) is 0 Å². The van der Waals surface area contributed by atoms with Gasteiger partial charge >= 0.3 is 0 Å². The number of ether oxygens (including phenoxy) is 1. The van der Waals surface area contributed by atoms with Gasteiger partial charge in [-0.15, -0.1) is 10.2 Å². The van der Waals surface area contributed by atoms with Gasteiger partial charge in [-0.25, -0.2) is 0 Å². The van der Waals surface area contributed by atoms with E-state index in [1.165, 1.54) is 11.3 Å². The summed E-state index contributed by atoms with van der Waals surface area (Å²) in [6, 6.07) is 7.57. The van der Waals surface area contributed by atoms with Crippen LogP contribution in [0.15, 0.2) is 29.8 Å².